The Kier molecular flexibility index (Phi) is 9.21. The van der Waals surface area contributed by atoms with E-state index in [1.165, 1.54) is 0 Å². The Bertz CT molecular complexity index is 693. The maximum absolute atomic E-state index is 13.3. The van der Waals surface area contributed by atoms with E-state index in [0.29, 0.717) is 19.4 Å². The van der Waals surface area contributed by atoms with Gasteiger partial charge in [-0.1, -0.05) is 13.8 Å². The van der Waals surface area contributed by atoms with Crippen LogP contribution in [0, 0.1) is 17.8 Å². The summed E-state index contributed by atoms with van der Waals surface area (Å²) >= 11 is 0. The second-order valence-electron chi connectivity index (χ2n) is 9.07. The highest BCUT2D eigenvalue weighted by atomic mass is 19.3. The summed E-state index contributed by atoms with van der Waals surface area (Å²) in [5.41, 5.74) is 2.23. The highest BCUT2D eigenvalue weighted by Crippen LogP contribution is 2.36. The molecule has 2 fully saturated rings. The van der Waals surface area contributed by atoms with Crippen molar-refractivity contribution < 1.29 is 37.8 Å². The zero-order valence-electron chi connectivity index (χ0n) is 18.6. The molecule has 1 aliphatic heterocycles. The van der Waals surface area contributed by atoms with E-state index in [4.69, 9.17) is 4.74 Å². The maximum atomic E-state index is 13.3. The van der Waals surface area contributed by atoms with Crippen LogP contribution < -0.4 is 10.7 Å². The Morgan fingerprint density at radius 2 is 1.91 bits per heavy atom. The van der Waals surface area contributed by atoms with E-state index in [9.17, 15) is 33.1 Å². The first-order valence-electron chi connectivity index (χ1n) is 11.1. The van der Waals surface area contributed by atoms with Crippen LogP contribution >= 0.6 is 0 Å². The summed E-state index contributed by atoms with van der Waals surface area (Å²) in [6.07, 6.45) is -0.352. The average Bonchev–Trinajstić information content (AvgIpc) is 3.12. The van der Waals surface area contributed by atoms with Gasteiger partial charge in [0, 0.05) is 31.7 Å². The van der Waals surface area contributed by atoms with Gasteiger partial charge in [0.25, 0.3) is 0 Å². The molecule has 1 aliphatic carbocycles. The maximum Gasteiger partial charge on any atom is 0.426 e. The molecule has 2 aliphatic rings. The quantitative estimate of drug-likeness (QED) is 0.454. The van der Waals surface area contributed by atoms with Crippen molar-refractivity contribution in [1.82, 2.24) is 15.8 Å². The molecule has 182 valence electrons. The van der Waals surface area contributed by atoms with Crippen LogP contribution in [0.15, 0.2) is 0 Å². The lowest BCUT2D eigenvalue weighted by Crippen LogP contribution is -2.56. The topological polar surface area (TPSA) is 125 Å². The fourth-order valence-electron chi connectivity index (χ4n) is 3.89. The summed E-state index contributed by atoms with van der Waals surface area (Å²) in [4.78, 5) is 49.0. The molecule has 2 unspecified atom stereocenters. The lowest BCUT2D eigenvalue weighted by Gasteiger charge is -2.31. The number of ether oxygens (including phenoxy) is 1. The summed E-state index contributed by atoms with van der Waals surface area (Å²) in [6, 6.07) is -1.44. The molecular formula is C21H33F2N3O6. The van der Waals surface area contributed by atoms with E-state index in [1.807, 2.05) is 13.8 Å². The van der Waals surface area contributed by atoms with E-state index in [2.05, 4.69) is 10.7 Å². The minimum atomic E-state index is -2.69. The third kappa shape index (κ3) is 7.90. The predicted molar refractivity (Wildman–Crippen MR) is 109 cm³/mol. The number of halogens is 2. The van der Waals surface area contributed by atoms with Crippen molar-refractivity contribution in [1.29, 1.82) is 0 Å². The van der Waals surface area contributed by atoms with E-state index < -0.39 is 35.9 Å². The van der Waals surface area contributed by atoms with Crippen molar-refractivity contribution in [2.24, 2.45) is 17.8 Å². The molecule has 1 saturated heterocycles. The number of amides is 3. The number of aliphatic carboxylic acids is 1. The summed E-state index contributed by atoms with van der Waals surface area (Å²) in [5, 5.41) is 13.1. The Labute approximate surface area is 186 Å². The van der Waals surface area contributed by atoms with Crippen molar-refractivity contribution >= 4 is 23.9 Å². The van der Waals surface area contributed by atoms with Crippen molar-refractivity contribution in [3.05, 3.63) is 0 Å². The van der Waals surface area contributed by atoms with Gasteiger partial charge in [0.1, 0.15) is 0 Å². The summed E-state index contributed by atoms with van der Waals surface area (Å²) in [5.74, 6) is -5.56. The molecule has 0 aromatic rings. The number of carboxylic acid groups (broad SMARTS) is 1. The highest BCUT2D eigenvalue weighted by molar-refractivity contribution is 5.87. The van der Waals surface area contributed by atoms with Crippen LogP contribution in [0.3, 0.4) is 0 Å². The van der Waals surface area contributed by atoms with Crippen molar-refractivity contribution in [3.63, 3.8) is 0 Å². The number of carboxylic acids is 1. The number of carbonyl (C=O) groups excluding carboxylic acids is 3. The number of carbonyl (C=O) groups is 4. The van der Waals surface area contributed by atoms with Gasteiger partial charge in [-0.05, 0) is 43.9 Å². The van der Waals surface area contributed by atoms with Gasteiger partial charge in [-0.2, -0.15) is 0 Å². The first-order chi connectivity index (χ1) is 15.0. The van der Waals surface area contributed by atoms with Gasteiger partial charge in [0.2, 0.25) is 17.7 Å². The molecule has 3 amide bonds. The predicted octanol–water partition coefficient (Wildman–Crippen LogP) is 2.70. The molecule has 0 bridgehead atoms. The van der Waals surface area contributed by atoms with E-state index in [-0.39, 0.29) is 62.9 Å². The van der Waals surface area contributed by atoms with E-state index in [0.717, 1.165) is 5.01 Å². The van der Waals surface area contributed by atoms with E-state index >= 15 is 0 Å². The van der Waals surface area contributed by atoms with Gasteiger partial charge >= 0.3 is 12.1 Å². The Hall–Kier alpha value is -2.46. The number of hydrogen-bond acceptors (Lipinski definition) is 5. The molecule has 2 atom stereocenters. The number of hydrogen-bond donors (Lipinski definition) is 3. The molecule has 11 heteroatoms. The normalized spacial score (nSPS) is 21.7. The van der Waals surface area contributed by atoms with Gasteiger partial charge in [0.05, 0.1) is 6.61 Å². The van der Waals surface area contributed by atoms with Gasteiger partial charge < -0.3 is 15.2 Å². The Morgan fingerprint density at radius 3 is 2.44 bits per heavy atom. The lowest BCUT2D eigenvalue weighted by atomic mass is 9.87. The smallest absolute Gasteiger partial charge is 0.426 e. The van der Waals surface area contributed by atoms with Crippen molar-refractivity contribution in [2.75, 3.05) is 13.2 Å². The summed E-state index contributed by atoms with van der Waals surface area (Å²) < 4.78 is 31.7. The van der Waals surface area contributed by atoms with Crippen LogP contribution in [0.2, 0.25) is 0 Å². The van der Waals surface area contributed by atoms with Gasteiger partial charge in [-0.15, -0.1) is 0 Å². The monoisotopic (exact) mass is 461 g/mol. The van der Waals surface area contributed by atoms with Crippen LogP contribution in [0.1, 0.15) is 65.2 Å². The molecule has 0 aromatic carbocycles. The SMILES string of the molecule is CC(C)CCC(=O)N(NC(=O)OCC1CCC(F)(F)CC1)C(CC1CCNC1=O)C(=O)O. The van der Waals surface area contributed by atoms with Crippen LogP contribution in [-0.4, -0.2) is 59.1 Å². The highest BCUT2D eigenvalue weighted by Gasteiger charge is 2.38. The molecule has 1 heterocycles. The molecule has 0 aromatic heterocycles. The molecule has 1 saturated carbocycles. The van der Waals surface area contributed by atoms with Crippen molar-refractivity contribution in [3.8, 4) is 0 Å². The minimum Gasteiger partial charge on any atom is -0.480 e. The summed E-state index contributed by atoms with van der Waals surface area (Å²) in [6.45, 7) is 4.14. The first-order valence-corrected chi connectivity index (χ1v) is 11.1. The third-order valence-electron chi connectivity index (χ3n) is 5.97. The number of alkyl halides is 2. The minimum absolute atomic E-state index is 0.0102. The molecule has 9 nitrogen and oxygen atoms in total. The fraction of sp³-hybridized carbons (Fsp3) is 0.810. The van der Waals surface area contributed by atoms with Gasteiger partial charge in [0.15, 0.2) is 6.04 Å². The number of nitrogens with zero attached hydrogens (tertiary/aromatic N) is 1. The molecule has 32 heavy (non-hydrogen) atoms. The van der Waals surface area contributed by atoms with Crippen LogP contribution in [0.5, 0.6) is 0 Å². The van der Waals surface area contributed by atoms with Gasteiger partial charge in [-0.3, -0.25) is 9.59 Å². The zero-order valence-corrected chi connectivity index (χ0v) is 18.6. The molecule has 0 radical (unpaired) electrons. The second-order valence-corrected chi connectivity index (χ2v) is 9.07. The zero-order chi connectivity index (χ0) is 23.9. The molecule has 2 rings (SSSR count). The lowest BCUT2D eigenvalue weighted by molar-refractivity contribution is -0.154. The summed E-state index contributed by atoms with van der Waals surface area (Å²) in [7, 11) is 0. The van der Waals surface area contributed by atoms with E-state index in [1.54, 1.807) is 0 Å². The number of rotatable bonds is 9. The third-order valence-corrected chi connectivity index (χ3v) is 5.97. The average molecular weight is 462 g/mol. The number of hydrazine groups is 1. The van der Waals surface area contributed by atoms with Crippen LogP contribution in [-0.2, 0) is 19.1 Å². The standard InChI is InChI=1S/C21H33F2N3O6/c1-13(2)3-4-17(27)26(16(19(29)30)11-15-7-10-24-18(15)28)25-20(31)32-12-14-5-8-21(22,23)9-6-14/h13-16H,3-12H2,1-2H3,(H,24,28)(H,25,31)(H,29,30). The largest absolute Gasteiger partial charge is 0.480 e. The molecule has 0 spiro atoms. The second kappa shape index (κ2) is 11.4. The Balaban J connectivity index is 2.02. The first kappa shape index (κ1) is 25.8. The van der Waals surface area contributed by atoms with Crippen LogP contribution in [0.4, 0.5) is 13.6 Å². The molecule has 3 N–H and O–H groups in total. The fourth-order valence-corrected chi connectivity index (χ4v) is 3.89. The van der Waals surface area contributed by atoms with Crippen molar-refractivity contribution in [2.45, 2.75) is 77.2 Å². The Morgan fingerprint density at radius 1 is 1.25 bits per heavy atom. The number of nitrogens with one attached hydrogen (secondary N) is 2. The molecular weight excluding hydrogens is 428 g/mol. The van der Waals surface area contributed by atoms with Gasteiger partial charge in [-0.25, -0.2) is 28.8 Å². The van der Waals surface area contributed by atoms with Crippen LogP contribution in [0.25, 0.3) is 0 Å².